The summed E-state index contributed by atoms with van der Waals surface area (Å²) < 4.78 is 5.63. The number of likely N-dealkylation sites (tertiary alicyclic amines) is 1. The smallest absolute Gasteiger partial charge is 0.253 e. The first kappa shape index (κ1) is 17.2. The Balaban J connectivity index is 1.74. The second-order valence-corrected chi connectivity index (χ2v) is 7.53. The second-order valence-electron chi connectivity index (χ2n) is 7.09. The van der Waals surface area contributed by atoms with Crippen molar-refractivity contribution in [1.29, 1.82) is 0 Å². The summed E-state index contributed by atoms with van der Waals surface area (Å²) >= 11 is 5.89. The summed E-state index contributed by atoms with van der Waals surface area (Å²) in [5.74, 6) is 0.0413. The van der Waals surface area contributed by atoms with Crippen LogP contribution in [0.15, 0.2) is 24.3 Å². The van der Waals surface area contributed by atoms with Gasteiger partial charge in [0.25, 0.3) is 5.91 Å². The SMILES string of the molecule is CC(C)N1CC2(CCN(C(=O)c3ccc(Cl)cc3)C2)COCC1=O. The van der Waals surface area contributed by atoms with Gasteiger partial charge in [-0.2, -0.15) is 0 Å². The maximum absolute atomic E-state index is 12.7. The number of halogens is 1. The van der Waals surface area contributed by atoms with Crippen LogP contribution in [0.1, 0.15) is 30.6 Å². The van der Waals surface area contributed by atoms with Gasteiger partial charge in [-0.25, -0.2) is 0 Å². The van der Waals surface area contributed by atoms with Crippen molar-refractivity contribution in [2.24, 2.45) is 5.41 Å². The van der Waals surface area contributed by atoms with Crippen molar-refractivity contribution in [1.82, 2.24) is 9.80 Å². The van der Waals surface area contributed by atoms with Crippen LogP contribution in [-0.2, 0) is 9.53 Å². The van der Waals surface area contributed by atoms with E-state index in [0.717, 1.165) is 6.42 Å². The van der Waals surface area contributed by atoms with E-state index in [-0.39, 0.29) is 29.9 Å². The van der Waals surface area contributed by atoms with Crippen LogP contribution in [0.25, 0.3) is 0 Å². The number of rotatable bonds is 2. The Hall–Kier alpha value is -1.59. The summed E-state index contributed by atoms with van der Waals surface area (Å²) in [5, 5.41) is 0.618. The molecule has 2 aliphatic heterocycles. The lowest BCUT2D eigenvalue weighted by atomic mass is 9.87. The predicted molar refractivity (Wildman–Crippen MR) is 92.1 cm³/mol. The molecule has 2 aliphatic rings. The summed E-state index contributed by atoms with van der Waals surface area (Å²) in [6.45, 7) is 6.63. The highest BCUT2D eigenvalue weighted by Gasteiger charge is 2.44. The van der Waals surface area contributed by atoms with Crippen LogP contribution in [0.5, 0.6) is 0 Å². The largest absolute Gasteiger partial charge is 0.371 e. The summed E-state index contributed by atoms with van der Waals surface area (Å²) in [5.41, 5.74) is 0.473. The van der Waals surface area contributed by atoms with E-state index in [1.54, 1.807) is 24.3 Å². The molecule has 2 heterocycles. The molecule has 1 aromatic rings. The lowest BCUT2D eigenvalue weighted by Gasteiger charge is -2.34. The van der Waals surface area contributed by atoms with Crippen LogP contribution in [0.2, 0.25) is 5.02 Å². The molecule has 2 fully saturated rings. The van der Waals surface area contributed by atoms with Crippen LogP contribution in [0, 0.1) is 5.41 Å². The van der Waals surface area contributed by atoms with Crippen molar-refractivity contribution >= 4 is 23.4 Å². The molecule has 1 spiro atoms. The van der Waals surface area contributed by atoms with Crippen molar-refractivity contribution in [2.75, 3.05) is 32.8 Å². The summed E-state index contributed by atoms with van der Waals surface area (Å²) in [6, 6.07) is 7.10. The fourth-order valence-corrected chi connectivity index (χ4v) is 3.66. The van der Waals surface area contributed by atoms with Crippen molar-refractivity contribution in [2.45, 2.75) is 26.3 Å². The van der Waals surface area contributed by atoms with E-state index in [1.807, 2.05) is 23.6 Å². The Kier molecular flexibility index (Phi) is 4.83. The lowest BCUT2D eigenvalue weighted by Crippen LogP contribution is -2.46. The van der Waals surface area contributed by atoms with Crippen LogP contribution >= 0.6 is 11.6 Å². The fraction of sp³-hybridized carbons (Fsp3) is 0.556. The normalized spacial score (nSPS) is 24.8. The van der Waals surface area contributed by atoms with Gasteiger partial charge in [-0.1, -0.05) is 11.6 Å². The molecule has 0 radical (unpaired) electrons. The predicted octanol–water partition coefficient (Wildman–Crippen LogP) is 2.44. The number of nitrogens with zero attached hydrogens (tertiary/aromatic N) is 2. The third-order valence-corrected chi connectivity index (χ3v) is 5.15. The number of carbonyl (C=O) groups is 2. The Labute approximate surface area is 147 Å². The number of ether oxygens (including phenoxy) is 1. The van der Waals surface area contributed by atoms with Crippen molar-refractivity contribution in [3.63, 3.8) is 0 Å². The van der Waals surface area contributed by atoms with E-state index < -0.39 is 0 Å². The molecule has 0 aliphatic carbocycles. The topological polar surface area (TPSA) is 49.9 Å². The number of benzene rings is 1. The average Bonchev–Trinajstić information content (AvgIpc) is 2.88. The number of amides is 2. The van der Waals surface area contributed by atoms with Gasteiger partial charge in [0.05, 0.1) is 6.61 Å². The Morgan fingerprint density at radius 1 is 1.25 bits per heavy atom. The maximum Gasteiger partial charge on any atom is 0.253 e. The summed E-state index contributed by atoms with van der Waals surface area (Å²) in [6.07, 6.45) is 0.850. The molecule has 0 bridgehead atoms. The first-order valence-corrected chi connectivity index (χ1v) is 8.70. The van der Waals surface area contributed by atoms with E-state index in [9.17, 15) is 9.59 Å². The lowest BCUT2D eigenvalue weighted by molar-refractivity contribution is -0.135. The zero-order chi connectivity index (χ0) is 17.3. The van der Waals surface area contributed by atoms with Gasteiger partial charge < -0.3 is 14.5 Å². The van der Waals surface area contributed by atoms with E-state index in [4.69, 9.17) is 16.3 Å². The zero-order valence-electron chi connectivity index (χ0n) is 14.1. The number of hydrogen-bond acceptors (Lipinski definition) is 3. The van der Waals surface area contributed by atoms with E-state index >= 15 is 0 Å². The molecule has 0 N–H and O–H groups in total. The first-order chi connectivity index (χ1) is 11.4. The van der Waals surface area contributed by atoms with Gasteiger partial charge in [0, 0.05) is 41.7 Å². The molecule has 0 saturated carbocycles. The standard InChI is InChI=1S/C18H23ClN2O3/c1-13(2)21-11-18(12-24-9-16(21)22)7-8-20(10-18)17(23)14-3-5-15(19)6-4-14/h3-6,13H,7-12H2,1-2H3. The minimum Gasteiger partial charge on any atom is -0.371 e. The average molecular weight is 351 g/mol. The van der Waals surface area contributed by atoms with Crippen molar-refractivity contribution in [3.05, 3.63) is 34.9 Å². The molecule has 1 aromatic carbocycles. The molecule has 1 unspecified atom stereocenters. The van der Waals surface area contributed by atoms with Crippen molar-refractivity contribution < 1.29 is 14.3 Å². The van der Waals surface area contributed by atoms with E-state index in [0.29, 0.717) is 36.8 Å². The quantitative estimate of drug-likeness (QED) is 0.823. The molecule has 2 saturated heterocycles. The van der Waals surface area contributed by atoms with Gasteiger partial charge in [0.2, 0.25) is 5.91 Å². The third-order valence-electron chi connectivity index (χ3n) is 4.90. The van der Waals surface area contributed by atoms with Crippen LogP contribution in [0.4, 0.5) is 0 Å². The zero-order valence-corrected chi connectivity index (χ0v) is 14.9. The molecule has 24 heavy (non-hydrogen) atoms. The highest BCUT2D eigenvalue weighted by molar-refractivity contribution is 6.30. The van der Waals surface area contributed by atoms with E-state index in [2.05, 4.69) is 0 Å². The van der Waals surface area contributed by atoms with Gasteiger partial charge in [0.15, 0.2) is 0 Å². The van der Waals surface area contributed by atoms with Gasteiger partial charge in [-0.15, -0.1) is 0 Å². The minimum absolute atomic E-state index is 0.00946. The third kappa shape index (κ3) is 3.42. The highest BCUT2D eigenvalue weighted by atomic mass is 35.5. The number of carbonyl (C=O) groups excluding carboxylic acids is 2. The molecular formula is C18H23ClN2O3. The molecule has 1 atom stereocenters. The Bertz CT molecular complexity index is 632. The minimum atomic E-state index is -0.168. The Morgan fingerprint density at radius 2 is 1.96 bits per heavy atom. The van der Waals surface area contributed by atoms with Crippen molar-refractivity contribution in [3.8, 4) is 0 Å². The Morgan fingerprint density at radius 3 is 2.62 bits per heavy atom. The monoisotopic (exact) mass is 350 g/mol. The van der Waals surface area contributed by atoms with Gasteiger partial charge in [-0.05, 0) is 44.5 Å². The second kappa shape index (κ2) is 6.73. The van der Waals surface area contributed by atoms with Gasteiger partial charge >= 0.3 is 0 Å². The first-order valence-electron chi connectivity index (χ1n) is 8.32. The summed E-state index contributed by atoms with van der Waals surface area (Å²) in [7, 11) is 0. The summed E-state index contributed by atoms with van der Waals surface area (Å²) in [4.78, 5) is 28.6. The molecule has 130 valence electrons. The fourth-order valence-electron chi connectivity index (χ4n) is 3.53. The molecular weight excluding hydrogens is 328 g/mol. The molecule has 3 rings (SSSR count). The van der Waals surface area contributed by atoms with Crippen LogP contribution in [-0.4, -0.2) is 60.5 Å². The van der Waals surface area contributed by atoms with Gasteiger partial charge in [0.1, 0.15) is 6.61 Å². The molecule has 6 heteroatoms. The molecule has 5 nitrogen and oxygen atoms in total. The molecule has 2 amide bonds. The molecule has 0 aromatic heterocycles. The van der Waals surface area contributed by atoms with E-state index in [1.165, 1.54) is 0 Å². The number of hydrogen-bond donors (Lipinski definition) is 0. The van der Waals surface area contributed by atoms with Crippen LogP contribution in [0.3, 0.4) is 0 Å². The van der Waals surface area contributed by atoms with Gasteiger partial charge in [-0.3, -0.25) is 9.59 Å². The maximum atomic E-state index is 12.7. The highest BCUT2D eigenvalue weighted by Crippen LogP contribution is 2.35. The van der Waals surface area contributed by atoms with Crippen LogP contribution < -0.4 is 0 Å².